The molecule has 0 spiro atoms. The first-order chi connectivity index (χ1) is 6.65. The predicted octanol–water partition coefficient (Wildman–Crippen LogP) is 2.06. The zero-order valence-electron chi connectivity index (χ0n) is 6.96. The summed E-state index contributed by atoms with van der Waals surface area (Å²) in [5, 5.41) is 8.95. The van der Waals surface area contributed by atoms with Gasteiger partial charge in [-0.15, -0.1) is 0 Å². The average Bonchev–Trinajstić information content (AvgIpc) is 2.50. The number of nitrogens with zero attached hydrogens (tertiary/aromatic N) is 1. The van der Waals surface area contributed by atoms with E-state index in [0.29, 0.717) is 0 Å². The van der Waals surface area contributed by atoms with E-state index in [9.17, 15) is 8.78 Å². The van der Waals surface area contributed by atoms with E-state index in [-0.39, 0.29) is 17.3 Å². The van der Waals surface area contributed by atoms with E-state index in [1.165, 1.54) is 0 Å². The minimum atomic E-state index is -0.684. The molecule has 0 unspecified atom stereocenters. The number of imidazole rings is 1. The number of H-pyrrole nitrogens is 1. The Hall–Kier alpha value is -1.91. The third-order valence-electron chi connectivity index (χ3n) is 1.70. The van der Waals surface area contributed by atoms with Crippen molar-refractivity contribution in [3.05, 3.63) is 36.0 Å². The smallest absolute Gasteiger partial charge is 0.208 e. The molecule has 3 nitrogen and oxygen atoms in total. The summed E-state index contributed by atoms with van der Waals surface area (Å²) in [5.74, 6) is -1.29. The Morgan fingerprint density at radius 3 is 2.29 bits per heavy atom. The minimum absolute atomic E-state index is 0.148. The zero-order chi connectivity index (χ0) is 10.1. The summed E-state index contributed by atoms with van der Waals surface area (Å²) in [5.41, 5.74) is 0.253. The van der Waals surface area contributed by atoms with Gasteiger partial charge in [-0.1, -0.05) is 0 Å². The number of aromatic amines is 1. The SMILES string of the molecule is Oc1cnc(-c2cc(F)cc(F)c2)[nH]1. The summed E-state index contributed by atoms with van der Waals surface area (Å²) in [6.07, 6.45) is 1.16. The number of aromatic nitrogens is 2. The number of rotatable bonds is 1. The summed E-state index contributed by atoms with van der Waals surface area (Å²) in [6.45, 7) is 0. The molecule has 0 saturated heterocycles. The Kier molecular flexibility index (Phi) is 1.92. The lowest BCUT2D eigenvalue weighted by molar-refractivity contribution is 0.457. The van der Waals surface area contributed by atoms with E-state index in [2.05, 4.69) is 9.97 Å². The van der Waals surface area contributed by atoms with E-state index in [1.807, 2.05) is 0 Å². The summed E-state index contributed by atoms with van der Waals surface area (Å²) in [4.78, 5) is 6.19. The molecule has 0 amide bonds. The molecule has 2 rings (SSSR count). The van der Waals surface area contributed by atoms with Crippen LogP contribution < -0.4 is 0 Å². The van der Waals surface area contributed by atoms with Crippen molar-refractivity contribution >= 4 is 0 Å². The Morgan fingerprint density at radius 1 is 1.14 bits per heavy atom. The first-order valence-electron chi connectivity index (χ1n) is 3.85. The molecule has 1 aromatic carbocycles. The number of hydrogen-bond acceptors (Lipinski definition) is 2. The molecular formula is C9H6F2N2O. The molecule has 0 atom stereocenters. The fourth-order valence-electron chi connectivity index (χ4n) is 1.15. The first kappa shape index (κ1) is 8.68. The van der Waals surface area contributed by atoms with Gasteiger partial charge in [0.15, 0.2) is 0 Å². The van der Waals surface area contributed by atoms with Gasteiger partial charge in [0, 0.05) is 11.6 Å². The molecule has 2 aromatic rings. The molecule has 0 aliphatic rings. The maximum atomic E-state index is 12.8. The van der Waals surface area contributed by atoms with Crippen molar-refractivity contribution in [1.29, 1.82) is 0 Å². The molecule has 72 valence electrons. The lowest BCUT2D eigenvalue weighted by atomic mass is 10.2. The molecule has 2 N–H and O–H groups in total. The summed E-state index contributed by atoms with van der Waals surface area (Å²) < 4.78 is 25.6. The van der Waals surface area contributed by atoms with Gasteiger partial charge in [-0.3, -0.25) is 0 Å². The largest absolute Gasteiger partial charge is 0.493 e. The van der Waals surface area contributed by atoms with Crippen LogP contribution in [0, 0.1) is 11.6 Å². The lowest BCUT2D eigenvalue weighted by Gasteiger charge is -1.97. The normalized spacial score (nSPS) is 10.4. The number of benzene rings is 1. The van der Waals surface area contributed by atoms with Crippen LogP contribution in [-0.2, 0) is 0 Å². The third kappa shape index (κ3) is 1.56. The van der Waals surface area contributed by atoms with Crippen LogP contribution in [0.15, 0.2) is 24.4 Å². The van der Waals surface area contributed by atoms with Crippen molar-refractivity contribution in [2.24, 2.45) is 0 Å². The average molecular weight is 196 g/mol. The summed E-state index contributed by atoms with van der Waals surface area (Å²) >= 11 is 0. The van der Waals surface area contributed by atoms with E-state index >= 15 is 0 Å². The van der Waals surface area contributed by atoms with Gasteiger partial charge in [0.25, 0.3) is 0 Å². The fraction of sp³-hybridized carbons (Fsp3) is 0. The van der Waals surface area contributed by atoms with Crippen LogP contribution in [0.4, 0.5) is 8.78 Å². The van der Waals surface area contributed by atoms with Gasteiger partial charge in [-0.25, -0.2) is 13.8 Å². The van der Waals surface area contributed by atoms with Gasteiger partial charge >= 0.3 is 0 Å². The standard InChI is InChI=1S/C9H6F2N2O/c10-6-1-5(2-7(11)3-6)9-12-4-8(14)13-9/h1-4,14H,(H,12,13). The Bertz CT molecular complexity index is 447. The van der Waals surface area contributed by atoms with Crippen molar-refractivity contribution in [1.82, 2.24) is 9.97 Å². The molecule has 0 aliphatic heterocycles. The van der Waals surface area contributed by atoms with Crippen LogP contribution in [-0.4, -0.2) is 15.1 Å². The molecule has 0 saturated carbocycles. The van der Waals surface area contributed by atoms with Gasteiger partial charge in [0.1, 0.15) is 17.5 Å². The second-order valence-electron chi connectivity index (χ2n) is 2.78. The molecule has 14 heavy (non-hydrogen) atoms. The number of halogens is 2. The maximum absolute atomic E-state index is 12.8. The Balaban J connectivity index is 2.51. The summed E-state index contributed by atoms with van der Waals surface area (Å²) in [6, 6.07) is 3.02. The molecule has 1 heterocycles. The maximum Gasteiger partial charge on any atom is 0.208 e. The molecule has 0 aliphatic carbocycles. The highest BCUT2D eigenvalue weighted by molar-refractivity contribution is 5.55. The monoisotopic (exact) mass is 196 g/mol. The topological polar surface area (TPSA) is 48.9 Å². The first-order valence-corrected chi connectivity index (χ1v) is 3.85. The second kappa shape index (κ2) is 3.10. The van der Waals surface area contributed by atoms with Crippen molar-refractivity contribution in [2.45, 2.75) is 0 Å². The van der Waals surface area contributed by atoms with Crippen molar-refractivity contribution in [3.63, 3.8) is 0 Å². The van der Waals surface area contributed by atoms with Crippen LogP contribution in [0.1, 0.15) is 0 Å². The van der Waals surface area contributed by atoms with E-state index in [4.69, 9.17) is 5.11 Å². The molecule has 1 aromatic heterocycles. The Labute approximate surface area is 78.0 Å². The molecule has 5 heteroatoms. The molecule has 0 bridgehead atoms. The highest BCUT2D eigenvalue weighted by Crippen LogP contribution is 2.20. The molecule has 0 radical (unpaired) electrons. The van der Waals surface area contributed by atoms with Crippen LogP contribution in [0.5, 0.6) is 5.88 Å². The van der Waals surface area contributed by atoms with E-state index in [0.717, 1.165) is 24.4 Å². The zero-order valence-corrected chi connectivity index (χ0v) is 6.96. The van der Waals surface area contributed by atoms with Crippen LogP contribution >= 0.6 is 0 Å². The van der Waals surface area contributed by atoms with Crippen LogP contribution in [0.3, 0.4) is 0 Å². The van der Waals surface area contributed by atoms with Crippen LogP contribution in [0.25, 0.3) is 11.4 Å². The quantitative estimate of drug-likeness (QED) is 0.733. The minimum Gasteiger partial charge on any atom is -0.493 e. The van der Waals surface area contributed by atoms with Crippen molar-refractivity contribution < 1.29 is 13.9 Å². The number of aromatic hydroxyl groups is 1. The molecular weight excluding hydrogens is 190 g/mol. The van der Waals surface area contributed by atoms with E-state index in [1.54, 1.807) is 0 Å². The van der Waals surface area contributed by atoms with Crippen molar-refractivity contribution in [3.8, 4) is 17.3 Å². The lowest BCUT2D eigenvalue weighted by Crippen LogP contribution is -1.85. The van der Waals surface area contributed by atoms with Gasteiger partial charge in [-0.2, -0.15) is 0 Å². The fourth-order valence-corrected chi connectivity index (χ4v) is 1.15. The van der Waals surface area contributed by atoms with E-state index < -0.39 is 11.6 Å². The van der Waals surface area contributed by atoms with Gasteiger partial charge in [0.05, 0.1) is 6.20 Å². The highest BCUT2D eigenvalue weighted by atomic mass is 19.1. The Morgan fingerprint density at radius 2 is 1.79 bits per heavy atom. The van der Waals surface area contributed by atoms with Crippen LogP contribution in [0.2, 0.25) is 0 Å². The predicted molar refractivity (Wildman–Crippen MR) is 45.6 cm³/mol. The summed E-state index contributed by atoms with van der Waals surface area (Å²) in [7, 11) is 0. The third-order valence-corrected chi connectivity index (χ3v) is 1.70. The number of hydrogen-bond donors (Lipinski definition) is 2. The number of nitrogens with one attached hydrogen (secondary N) is 1. The highest BCUT2D eigenvalue weighted by Gasteiger charge is 2.06. The second-order valence-corrected chi connectivity index (χ2v) is 2.78. The van der Waals surface area contributed by atoms with Gasteiger partial charge in [-0.05, 0) is 12.1 Å². The molecule has 0 fully saturated rings. The van der Waals surface area contributed by atoms with Gasteiger partial charge in [0.2, 0.25) is 5.88 Å². The van der Waals surface area contributed by atoms with Crippen molar-refractivity contribution in [2.75, 3.05) is 0 Å². The van der Waals surface area contributed by atoms with Gasteiger partial charge < -0.3 is 10.1 Å².